The highest BCUT2D eigenvalue weighted by atomic mass is 19.1. The van der Waals surface area contributed by atoms with Crippen LogP contribution in [-0.2, 0) is 17.6 Å². The molecule has 1 N–H and O–H groups in total. The summed E-state index contributed by atoms with van der Waals surface area (Å²) >= 11 is 0. The first-order valence-corrected chi connectivity index (χ1v) is 7.12. The molecule has 3 nitrogen and oxygen atoms in total. The molecule has 0 saturated carbocycles. The summed E-state index contributed by atoms with van der Waals surface area (Å²) in [6, 6.07) is 9.12. The van der Waals surface area contributed by atoms with Crippen molar-refractivity contribution in [2.24, 2.45) is 0 Å². The average Bonchev–Trinajstić information content (AvgIpc) is 2.96. The van der Waals surface area contributed by atoms with Crippen molar-refractivity contribution in [3.8, 4) is 5.75 Å². The summed E-state index contributed by atoms with van der Waals surface area (Å²) in [6.07, 6.45) is 3.22. The van der Waals surface area contributed by atoms with Crippen molar-refractivity contribution >= 4 is 11.6 Å². The monoisotopic (exact) mass is 303 g/mol. The normalized spacial score (nSPS) is 12.8. The van der Waals surface area contributed by atoms with E-state index in [9.17, 15) is 13.6 Å². The van der Waals surface area contributed by atoms with Crippen molar-refractivity contribution in [2.45, 2.75) is 19.3 Å². The van der Waals surface area contributed by atoms with Crippen molar-refractivity contribution in [3.05, 3.63) is 59.2 Å². The molecule has 0 aromatic heterocycles. The Kier molecular flexibility index (Phi) is 4.04. The zero-order valence-corrected chi connectivity index (χ0v) is 11.9. The molecular formula is C17H15F2NO2. The summed E-state index contributed by atoms with van der Waals surface area (Å²) in [5.41, 5.74) is 2.09. The third kappa shape index (κ3) is 3.08. The molecule has 1 amide bonds. The van der Waals surface area contributed by atoms with Crippen LogP contribution < -0.4 is 10.1 Å². The zero-order valence-electron chi connectivity index (χ0n) is 11.9. The predicted molar refractivity (Wildman–Crippen MR) is 78.9 cm³/mol. The molecule has 0 fully saturated rings. The van der Waals surface area contributed by atoms with E-state index >= 15 is 0 Å². The number of carbonyl (C=O) groups is 1. The van der Waals surface area contributed by atoms with E-state index in [1.54, 1.807) is 6.07 Å². The Hall–Kier alpha value is -2.43. The molecule has 5 heteroatoms. The zero-order chi connectivity index (χ0) is 15.5. The maximum Gasteiger partial charge on any atom is 0.262 e. The topological polar surface area (TPSA) is 38.3 Å². The Morgan fingerprint density at radius 2 is 1.82 bits per heavy atom. The van der Waals surface area contributed by atoms with Crippen LogP contribution in [0.4, 0.5) is 14.5 Å². The van der Waals surface area contributed by atoms with Crippen LogP contribution in [0.15, 0.2) is 36.4 Å². The maximum absolute atomic E-state index is 13.4. The summed E-state index contributed by atoms with van der Waals surface area (Å²) in [5.74, 6) is -1.65. The first-order chi connectivity index (χ1) is 10.6. The molecule has 0 atom stereocenters. The third-order valence-corrected chi connectivity index (χ3v) is 3.67. The Morgan fingerprint density at radius 1 is 1.09 bits per heavy atom. The van der Waals surface area contributed by atoms with Gasteiger partial charge >= 0.3 is 0 Å². The number of benzene rings is 2. The molecule has 114 valence electrons. The SMILES string of the molecule is O=C(COc1ccc2c(c1)CCC2)Nc1c(F)cccc1F. The van der Waals surface area contributed by atoms with Gasteiger partial charge in [0.2, 0.25) is 0 Å². The van der Waals surface area contributed by atoms with Gasteiger partial charge in [-0.1, -0.05) is 12.1 Å². The van der Waals surface area contributed by atoms with E-state index in [0.717, 1.165) is 31.4 Å². The van der Waals surface area contributed by atoms with Gasteiger partial charge in [0.15, 0.2) is 6.61 Å². The molecule has 0 heterocycles. The van der Waals surface area contributed by atoms with Gasteiger partial charge in [-0.2, -0.15) is 0 Å². The summed E-state index contributed by atoms with van der Waals surface area (Å²) in [4.78, 5) is 11.8. The van der Waals surface area contributed by atoms with E-state index in [1.165, 1.54) is 17.2 Å². The van der Waals surface area contributed by atoms with Gasteiger partial charge < -0.3 is 10.1 Å². The van der Waals surface area contributed by atoms with Crippen LogP contribution in [0.5, 0.6) is 5.75 Å². The number of fused-ring (bicyclic) bond motifs is 1. The maximum atomic E-state index is 13.4. The second-order valence-corrected chi connectivity index (χ2v) is 5.22. The lowest BCUT2D eigenvalue weighted by molar-refractivity contribution is -0.118. The van der Waals surface area contributed by atoms with Crippen LogP contribution in [0.2, 0.25) is 0 Å². The highest BCUT2D eigenvalue weighted by Gasteiger charge is 2.14. The number of amides is 1. The van der Waals surface area contributed by atoms with Crippen molar-refractivity contribution in [1.29, 1.82) is 0 Å². The lowest BCUT2D eigenvalue weighted by Gasteiger charge is -2.10. The number of ether oxygens (including phenoxy) is 1. The van der Waals surface area contributed by atoms with Gasteiger partial charge in [-0.15, -0.1) is 0 Å². The fourth-order valence-electron chi connectivity index (χ4n) is 2.58. The third-order valence-electron chi connectivity index (χ3n) is 3.67. The molecule has 0 aliphatic heterocycles. The molecule has 0 unspecified atom stereocenters. The number of rotatable bonds is 4. The molecule has 1 aliphatic carbocycles. The van der Waals surface area contributed by atoms with Crippen LogP contribution in [0.25, 0.3) is 0 Å². The molecule has 22 heavy (non-hydrogen) atoms. The lowest BCUT2D eigenvalue weighted by atomic mass is 10.1. The minimum absolute atomic E-state index is 0.299. The van der Waals surface area contributed by atoms with Gasteiger partial charge in [0.05, 0.1) is 0 Å². The average molecular weight is 303 g/mol. The number of hydrogen-bond donors (Lipinski definition) is 1. The Balaban J connectivity index is 1.61. The Bertz CT molecular complexity index is 696. The Morgan fingerprint density at radius 3 is 2.59 bits per heavy atom. The van der Waals surface area contributed by atoms with Gasteiger partial charge in [-0.25, -0.2) is 8.78 Å². The molecule has 0 spiro atoms. The van der Waals surface area contributed by atoms with Gasteiger partial charge in [-0.3, -0.25) is 4.79 Å². The van der Waals surface area contributed by atoms with Crippen molar-refractivity contribution in [2.75, 3.05) is 11.9 Å². The van der Waals surface area contributed by atoms with E-state index in [-0.39, 0.29) is 6.61 Å². The number of carbonyl (C=O) groups excluding carboxylic acids is 1. The number of hydrogen-bond acceptors (Lipinski definition) is 2. The molecule has 2 aromatic rings. The molecule has 2 aromatic carbocycles. The highest BCUT2D eigenvalue weighted by molar-refractivity contribution is 5.92. The summed E-state index contributed by atoms with van der Waals surface area (Å²) in [6.45, 7) is -0.299. The molecular weight excluding hydrogens is 288 g/mol. The first kappa shape index (κ1) is 14.5. The fourth-order valence-corrected chi connectivity index (χ4v) is 2.58. The summed E-state index contributed by atoms with van der Waals surface area (Å²) < 4.78 is 32.2. The standard InChI is InChI=1S/C17H15F2NO2/c18-14-5-2-6-15(19)17(14)20-16(21)10-22-13-8-7-11-3-1-4-12(11)9-13/h2,5-9H,1,3-4,10H2,(H,20,21). The second kappa shape index (κ2) is 6.13. The number of aryl methyl sites for hydroxylation is 2. The fraction of sp³-hybridized carbons (Fsp3) is 0.235. The highest BCUT2D eigenvalue weighted by Crippen LogP contribution is 2.26. The summed E-state index contributed by atoms with van der Waals surface area (Å²) in [7, 11) is 0. The van der Waals surface area contributed by atoms with E-state index in [0.29, 0.717) is 5.75 Å². The van der Waals surface area contributed by atoms with Gasteiger partial charge in [0, 0.05) is 0 Å². The van der Waals surface area contributed by atoms with Crippen molar-refractivity contribution in [1.82, 2.24) is 0 Å². The van der Waals surface area contributed by atoms with Crippen LogP contribution in [-0.4, -0.2) is 12.5 Å². The first-order valence-electron chi connectivity index (χ1n) is 7.12. The smallest absolute Gasteiger partial charge is 0.262 e. The van der Waals surface area contributed by atoms with Gasteiger partial charge in [0.1, 0.15) is 23.1 Å². The number of nitrogens with one attached hydrogen (secondary N) is 1. The van der Waals surface area contributed by atoms with Crippen molar-refractivity contribution < 1.29 is 18.3 Å². The summed E-state index contributed by atoms with van der Waals surface area (Å²) in [5, 5.41) is 2.19. The number of anilines is 1. The van der Waals surface area contributed by atoms with Crippen molar-refractivity contribution in [3.63, 3.8) is 0 Å². The van der Waals surface area contributed by atoms with Gasteiger partial charge in [0.25, 0.3) is 5.91 Å². The quantitative estimate of drug-likeness (QED) is 0.939. The number of para-hydroxylation sites is 1. The van der Waals surface area contributed by atoms with Crippen LogP contribution in [0.1, 0.15) is 17.5 Å². The molecule has 1 aliphatic rings. The van der Waals surface area contributed by atoms with E-state index in [1.807, 2.05) is 12.1 Å². The lowest BCUT2D eigenvalue weighted by Crippen LogP contribution is -2.21. The minimum Gasteiger partial charge on any atom is -0.484 e. The predicted octanol–water partition coefficient (Wildman–Crippen LogP) is 3.47. The second-order valence-electron chi connectivity index (χ2n) is 5.22. The Labute approximate surface area is 126 Å². The number of halogens is 2. The van der Waals surface area contributed by atoms with Crippen LogP contribution in [0.3, 0.4) is 0 Å². The largest absolute Gasteiger partial charge is 0.484 e. The molecule has 0 bridgehead atoms. The van der Waals surface area contributed by atoms with E-state index in [2.05, 4.69) is 5.32 Å². The minimum atomic E-state index is -0.814. The molecule has 0 radical (unpaired) electrons. The van der Waals surface area contributed by atoms with E-state index in [4.69, 9.17) is 4.74 Å². The molecule has 0 saturated heterocycles. The molecule has 3 rings (SSSR count). The van der Waals surface area contributed by atoms with Crippen LogP contribution in [0, 0.1) is 11.6 Å². The van der Waals surface area contributed by atoms with Gasteiger partial charge in [-0.05, 0) is 54.7 Å². The van der Waals surface area contributed by atoms with E-state index < -0.39 is 23.2 Å². The van der Waals surface area contributed by atoms with Crippen LogP contribution >= 0.6 is 0 Å².